The molecule has 2 atom stereocenters. The van der Waals surface area contributed by atoms with Crippen molar-refractivity contribution >= 4 is 51.3 Å². The minimum atomic E-state index is -3.51. The van der Waals surface area contributed by atoms with E-state index in [0.29, 0.717) is 20.6 Å². The zero-order valence-corrected chi connectivity index (χ0v) is 21.0. The molecule has 0 amide bonds. The fourth-order valence-corrected chi connectivity index (χ4v) is 2.27. The van der Waals surface area contributed by atoms with E-state index in [1.807, 2.05) is 0 Å². The van der Waals surface area contributed by atoms with E-state index < -0.39 is 16.5 Å². The molecule has 0 heterocycles. The molecule has 0 radical (unpaired) electrons. The summed E-state index contributed by atoms with van der Waals surface area (Å²) in [6, 6.07) is 3.08. The summed E-state index contributed by atoms with van der Waals surface area (Å²) in [5.74, 6) is 0. The van der Waals surface area contributed by atoms with Gasteiger partial charge in [-0.05, 0) is 12.1 Å². The summed E-state index contributed by atoms with van der Waals surface area (Å²) in [5, 5.41) is 10.0. The molecule has 6 nitrogen and oxygen atoms in total. The zero-order chi connectivity index (χ0) is 14.3. The molecule has 0 aliphatic carbocycles. The van der Waals surface area contributed by atoms with Gasteiger partial charge in [0.05, 0.1) is 6.61 Å². The number of hydrogen-bond acceptors (Lipinski definition) is 6. The van der Waals surface area contributed by atoms with E-state index in [9.17, 15) is 18.9 Å². The Morgan fingerprint density at radius 1 is 1.05 bits per heavy atom. The monoisotopic (exact) mass is 432 g/mol. The minimum absolute atomic E-state index is 0. The van der Waals surface area contributed by atoms with E-state index in [1.165, 1.54) is 0 Å². The Balaban J connectivity index is -0.000000286. The first-order chi connectivity index (χ1) is 8.27. The van der Waals surface area contributed by atoms with Gasteiger partial charge in [0.15, 0.2) is 0 Å². The number of hydrogen-bond donors (Lipinski definition) is 1. The smallest absolute Gasteiger partial charge is 0.781 e. The van der Waals surface area contributed by atoms with Crippen molar-refractivity contribution in [3.05, 3.63) is 32.8 Å². The van der Waals surface area contributed by atoms with Gasteiger partial charge in [0.1, 0.15) is 16.5 Å². The van der Waals surface area contributed by atoms with Gasteiger partial charge in [-0.25, -0.2) is 0 Å². The fourth-order valence-electron chi connectivity index (χ4n) is 0.791. The molecule has 0 aliphatic heterocycles. The van der Waals surface area contributed by atoms with Crippen LogP contribution in [0.4, 0.5) is 0 Å². The second kappa shape index (κ2) is 16.1. The van der Waals surface area contributed by atoms with Crippen LogP contribution in [0.3, 0.4) is 0 Å². The van der Waals surface area contributed by atoms with Crippen LogP contribution in [-0.4, -0.2) is 5.11 Å². The molecule has 0 aliphatic rings. The molecule has 1 rings (SSSR count). The summed E-state index contributed by atoms with van der Waals surface area (Å²) < 4.78 is 21.8. The van der Waals surface area contributed by atoms with E-state index in [2.05, 4.69) is 4.31 Å². The maximum Gasteiger partial charge on any atom is 1.00 e. The number of rotatable bonds is 3. The Morgan fingerprint density at radius 3 is 1.60 bits per heavy atom. The molecular weight excluding hydrogens is 427 g/mol. The molecular formula is C7H7Cl3K2O6P2. The van der Waals surface area contributed by atoms with Crippen molar-refractivity contribution in [2.75, 3.05) is 0 Å². The average Bonchev–Trinajstić information content (AvgIpc) is 2.14. The maximum absolute atomic E-state index is 9.29. The summed E-state index contributed by atoms with van der Waals surface area (Å²) in [6.45, 7) is -0.172. The quantitative estimate of drug-likeness (QED) is 0.381. The first kappa shape index (κ1) is 28.5. The topological polar surface area (TPSA) is 110 Å². The second-order valence-electron chi connectivity index (χ2n) is 2.61. The van der Waals surface area contributed by atoms with Gasteiger partial charge in [0.2, 0.25) is 0 Å². The van der Waals surface area contributed by atoms with E-state index >= 15 is 0 Å². The van der Waals surface area contributed by atoms with Crippen LogP contribution < -0.4 is 113 Å². The molecule has 0 aromatic heterocycles. The molecule has 0 saturated carbocycles. The summed E-state index contributed by atoms with van der Waals surface area (Å²) in [7, 11) is -7.03. The molecule has 1 aromatic rings. The molecule has 1 aromatic carbocycles. The SMILES string of the molecule is O=[PH]([O-])O[PH](=O)[O-].OCc1c(Cl)cc(Cl)cc1Cl.[K+].[K+]. The van der Waals surface area contributed by atoms with E-state index in [4.69, 9.17) is 39.9 Å². The zero-order valence-electron chi connectivity index (χ0n) is 10.5. The molecule has 2 unspecified atom stereocenters. The molecule has 13 heteroatoms. The Morgan fingerprint density at radius 2 is 1.40 bits per heavy atom. The fraction of sp³-hybridized carbons (Fsp3) is 0.143. The van der Waals surface area contributed by atoms with Gasteiger partial charge >= 0.3 is 103 Å². The van der Waals surface area contributed by atoms with Crippen molar-refractivity contribution in [1.82, 2.24) is 0 Å². The summed E-state index contributed by atoms with van der Waals surface area (Å²) in [5.41, 5.74) is 0.512. The Labute approximate surface area is 217 Å². The van der Waals surface area contributed by atoms with Crippen LogP contribution >= 0.6 is 51.3 Å². The van der Waals surface area contributed by atoms with Gasteiger partial charge < -0.3 is 24.0 Å². The van der Waals surface area contributed by atoms with Gasteiger partial charge in [-0.1, -0.05) is 34.8 Å². The molecule has 0 fully saturated rings. The third-order valence-corrected chi connectivity index (χ3v) is 3.66. The molecule has 104 valence electrons. The van der Waals surface area contributed by atoms with E-state index in [-0.39, 0.29) is 109 Å². The van der Waals surface area contributed by atoms with Crippen molar-refractivity contribution in [3.63, 3.8) is 0 Å². The van der Waals surface area contributed by atoms with Crippen molar-refractivity contribution in [1.29, 1.82) is 0 Å². The Bertz CT molecular complexity index is 429. The normalized spacial score (nSPS) is 12.1. The molecule has 1 N–H and O–H groups in total. The van der Waals surface area contributed by atoms with Crippen LogP contribution in [0.2, 0.25) is 15.1 Å². The summed E-state index contributed by atoms with van der Waals surface area (Å²) in [6.07, 6.45) is 0. The standard InChI is InChI=1S/C7H5Cl3O.2K.H4O5P2/c8-4-1-6(9)5(3-11)7(10)2-4;;;1-6(2)5-7(3)4/h1-2,11H,3H2;;;6-7H,(H,1,2)(H,3,4)/q;2*+1;/p-2. The number of aliphatic hydroxyl groups is 1. The van der Waals surface area contributed by atoms with Crippen molar-refractivity contribution in [3.8, 4) is 0 Å². The third kappa shape index (κ3) is 14.0. The van der Waals surface area contributed by atoms with Crippen molar-refractivity contribution in [2.24, 2.45) is 0 Å². The third-order valence-electron chi connectivity index (χ3n) is 1.43. The van der Waals surface area contributed by atoms with Gasteiger partial charge in [-0.3, -0.25) is 4.31 Å². The predicted octanol–water partition coefficient (Wildman–Crippen LogP) is -4.35. The first-order valence-corrected chi connectivity index (χ1v) is 7.70. The van der Waals surface area contributed by atoms with E-state index in [1.54, 1.807) is 12.1 Å². The summed E-state index contributed by atoms with van der Waals surface area (Å²) in [4.78, 5) is 18.6. The second-order valence-corrected chi connectivity index (χ2v) is 5.68. The minimum Gasteiger partial charge on any atom is -0.781 e. The van der Waals surface area contributed by atoms with Crippen molar-refractivity contribution < 1.29 is 131 Å². The van der Waals surface area contributed by atoms with E-state index in [0.717, 1.165) is 0 Å². The molecule has 0 spiro atoms. The largest absolute Gasteiger partial charge is 1.00 e. The average molecular weight is 434 g/mol. The molecule has 0 bridgehead atoms. The van der Waals surface area contributed by atoms with Crippen LogP contribution in [0.15, 0.2) is 12.1 Å². The number of halogens is 3. The van der Waals surface area contributed by atoms with Crippen LogP contribution in [0, 0.1) is 0 Å². The van der Waals surface area contributed by atoms with Gasteiger partial charge in [-0.2, -0.15) is 0 Å². The Kier molecular flexibility index (Phi) is 23.0. The molecule has 20 heavy (non-hydrogen) atoms. The number of aliphatic hydroxyl groups excluding tert-OH is 1. The Hall–Kier alpha value is 3.66. The van der Waals surface area contributed by atoms with Gasteiger partial charge in [0, 0.05) is 20.6 Å². The summed E-state index contributed by atoms with van der Waals surface area (Å²) >= 11 is 17.0. The maximum atomic E-state index is 9.29. The van der Waals surface area contributed by atoms with Crippen LogP contribution in [-0.2, 0) is 20.0 Å². The van der Waals surface area contributed by atoms with Crippen LogP contribution in [0.25, 0.3) is 0 Å². The first-order valence-electron chi connectivity index (χ1n) is 4.12. The molecule has 0 saturated heterocycles. The van der Waals surface area contributed by atoms with Gasteiger partial charge in [-0.15, -0.1) is 0 Å². The van der Waals surface area contributed by atoms with Crippen LogP contribution in [0.1, 0.15) is 5.56 Å². The predicted molar refractivity (Wildman–Crippen MR) is 66.5 cm³/mol. The van der Waals surface area contributed by atoms with Gasteiger partial charge in [0.25, 0.3) is 0 Å². The van der Waals surface area contributed by atoms with Crippen LogP contribution in [0.5, 0.6) is 0 Å². The number of benzene rings is 1. The van der Waals surface area contributed by atoms with Crippen molar-refractivity contribution in [2.45, 2.75) is 6.61 Å².